The summed E-state index contributed by atoms with van der Waals surface area (Å²) in [7, 11) is 0. The number of ether oxygens (including phenoxy) is 1. The lowest BCUT2D eigenvalue weighted by Gasteiger charge is -2.37. The molecule has 0 aromatic rings. The molecule has 2 heterocycles. The van der Waals surface area contributed by atoms with E-state index in [1.54, 1.807) is 0 Å². The molecule has 1 unspecified atom stereocenters. The molecule has 4 heteroatoms. The molecule has 0 radical (unpaired) electrons. The standard InChI is InChI=1S/C9H12N2O2/c1-6-2-11-8(12)9(6,5-10)7-3-13-4-7/h6-7H,2-4H2,1H3,(H,11,12)/t6-,9?/m1/s1. The highest BCUT2D eigenvalue weighted by Gasteiger charge is 2.56. The summed E-state index contributed by atoms with van der Waals surface area (Å²) in [4.78, 5) is 11.6. The minimum atomic E-state index is -0.821. The van der Waals surface area contributed by atoms with Gasteiger partial charge in [-0.2, -0.15) is 5.26 Å². The van der Waals surface area contributed by atoms with Gasteiger partial charge in [0.15, 0.2) is 0 Å². The van der Waals surface area contributed by atoms with Crippen LogP contribution in [0.4, 0.5) is 0 Å². The molecule has 2 saturated heterocycles. The molecule has 2 atom stereocenters. The van der Waals surface area contributed by atoms with Gasteiger partial charge < -0.3 is 10.1 Å². The van der Waals surface area contributed by atoms with Gasteiger partial charge >= 0.3 is 0 Å². The normalized spacial score (nSPS) is 39.4. The van der Waals surface area contributed by atoms with Crippen molar-refractivity contribution in [2.24, 2.45) is 17.3 Å². The molecule has 13 heavy (non-hydrogen) atoms. The van der Waals surface area contributed by atoms with Crippen LogP contribution < -0.4 is 5.32 Å². The number of amides is 1. The van der Waals surface area contributed by atoms with Crippen LogP contribution in [0, 0.1) is 28.6 Å². The van der Waals surface area contributed by atoms with Crippen LogP contribution in [0.15, 0.2) is 0 Å². The number of nitriles is 1. The maximum absolute atomic E-state index is 11.6. The molecule has 2 aliphatic rings. The third-order valence-electron chi connectivity index (χ3n) is 3.19. The van der Waals surface area contributed by atoms with Crippen molar-refractivity contribution < 1.29 is 9.53 Å². The van der Waals surface area contributed by atoms with Crippen molar-refractivity contribution >= 4 is 5.91 Å². The van der Waals surface area contributed by atoms with E-state index in [2.05, 4.69) is 11.4 Å². The van der Waals surface area contributed by atoms with Crippen molar-refractivity contribution in [3.63, 3.8) is 0 Å². The Morgan fingerprint density at radius 1 is 1.69 bits per heavy atom. The molecule has 0 aromatic carbocycles. The summed E-state index contributed by atoms with van der Waals surface area (Å²) in [5.41, 5.74) is -0.821. The van der Waals surface area contributed by atoms with Crippen molar-refractivity contribution in [1.82, 2.24) is 5.32 Å². The molecule has 4 nitrogen and oxygen atoms in total. The molecule has 2 rings (SSSR count). The van der Waals surface area contributed by atoms with Crippen LogP contribution in [-0.4, -0.2) is 25.7 Å². The maximum Gasteiger partial charge on any atom is 0.241 e. The van der Waals surface area contributed by atoms with Gasteiger partial charge in [0.2, 0.25) is 5.91 Å². The first-order valence-corrected chi connectivity index (χ1v) is 4.49. The SMILES string of the molecule is C[C@@H]1CNC(=O)C1(C#N)C1COC1. The van der Waals surface area contributed by atoms with E-state index in [0.717, 1.165) is 0 Å². The average molecular weight is 180 g/mol. The molecule has 0 spiro atoms. The molecule has 1 amide bonds. The Hall–Kier alpha value is -1.08. The lowest BCUT2D eigenvalue weighted by Crippen LogP contribution is -2.49. The molecule has 70 valence electrons. The fraction of sp³-hybridized carbons (Fsp3) is 0.778. The van der Waals surface area contributed by atoms with Gasteiger partial charge in [0.1, 0.15) is 5.41 Å². The number of hydrogen-bond acceptors (Lipinski definition) is 3. The van der Waals surface area contributed by atoms with E-state index in [-0.39, 0.29) is 17.7 Å². The largest absolute Gasteiger partial charge is 0.381 e. The van der Waals surface area contributed by atoms with Crippen molar-refractivity contribution in [3.8, 4) is 6.07 Å². The molecule has 2 fully saturated rings. The number of carbonyl (C=O) groups is 1. The lowest BCUT2D eigenvalue weighted by molar-refractivity contribution is -0.141. The fourth-order valence-electron chi connectivity index (χ4n) is 2.12. The smallest absolute Gasteiger partial charge is 0.241 e. The second-order valence-corrected chi connectivity index (χ2v) is 3.83. The zero-order chi connectivity index (χ0) is 9.47. The van der Waals surface area contributed by atoms with Crippen molar-refractivity contribution in [2.75, 3.05) is 19.8 Å². The predicted octanol–water partition coefficient (Wildman–Crippen LogP) is -0.0913. The van der Waals surface area contributed by atoms with E-state index in [1.807, 2.05) is 6.92 Å². The zero-order valence-corrected chi connectivity index (χ0v) is 7.54. The highest BCUT2D eigenvalue weighted by Crippen LogP contribution is 2.42. The summed E-state index contributed by atoms with van der Waals surface area (Å²) in [5.74, 6) is 0.0738. The molecule has 0 aliphatic carbocycles. The minimum absolute atomic E-state index is 0.0926. The Kier molecular flexibility index (Phi) is 1.77. The van der Waals surface area contributed by atoms with Crippen LogP contribution >= 0.6 is 0 Å². The minimum Gasteiger partial charge on any atom is -0.381 e. The maximum atomic E-state index is 11.6. The number of nitrogens with zero attached hydrogens (tertiary/aromatic N) is 1. The van der Waals surface area contributed by atoms with E-state index in [9.17, 15) is 4.79 Å². The van der Waals surface area contributed by atoms with Crippen LogP contribution in [0.5, 0.6) is 0 Å². The first-order valence-electron chi connectivity index (χ1n) is 4.49. The van der Waals surface area contributed by atoms with Crippen LogP contribution in [0.1, 0.15) is 6.92 Å². The second kappa shape index (κ2) is 2.71. The summed E-state index contributed by atoms with van der Waals surface area (Å²) in [5, 5.41) is 11.9. The Morgan fingerprint density at radius 3 is 2.69 bits per heavy atom. The van der Waals surface area contributed by atoms with E-state index in [1.165, 1.54) is 0 Å². The van der Waals surface area contributed by atoms with Crippen LogP contribution in [0.25, 0.3) is 0 Å². The third-order valence-corrected chi connectivity index (χ3v) is 3.19. The summed E-state index contributed by atoms with van der Waals surface area (Å²) in [6.07, 6.45) is 0. The van der Waals surface area contributed by atoms with E-state index < -0.39 is 5.41 Å². The third kappa shape index (κ3) is 0.909. The predicted molar refractivity (Wildman–Crippen MR) is 44.5 cm³/mol. The van der Waals surface area contributed by atoms with E-state index in [4.69, 9.17) is 10.00 Å². The molecule has 0 bridgehead atoms. The van der Waals surface area contributed by atoms with Crippen LogP contribution in [-0.2, 0) is 9.53 Å². The van der Waals surface area contributed by atoms with Crippen LogP contribution in [0.3, 0.4) is 0 Å². The monoisotopic (exact) mass is 180 g/mol. The number of rotatable bonds is 1. The Bertz CT molecular complexity index is 280. The van der Waals surface area contributed by atoms with Gasteiger partial charge in [-0.25, -0.2) is 0 Å². The summed E-state index contributed by atoms with van der Waals surface area (Å²) < 4.78 is 5.04. The lowest BCUT2D eigenvalue weighted by atomic mass is 9.68. The molecule has 0 saturated carbocycles. The topological polar surface area (TPSA) is 62.1 Å². The van der Waals surface area contributed by atoms with Gasteiger partial charge in [-0.05, 0) is 0 Å². The first kappa shape index (κ1) is 8.52. The Labute approximate surface area is 76.9 Å². The van der Waals surface area contributed by atoms with Gasteiger partial charge in [0.25, 0.3) is 0 Å². The molecule has 1 N–H and O–H groups in total. The summed E-state index contributed by atoms with van der Waals surface area (Å²) in [6.45, 7) is 3.65. The number of carbonyl (C=O) groups excluding carboxylic acids is 1. The van der Waals surface area contributed by atoms with Gasteiger partial charge in [-0.15, -0.1) is 0 Å². The quantitative estimate of drug-likeness (QED) is 0.613. The van der Waals surface area contributed by atoms with Gasteiger partial charge in [0, 0.05) is 18.4 Å². The molecule has 0 aromatic heterocycles. The van der Waals surface area contributed by atoms with Crippen molar-refractivity contribution in [3.05, 3.63) is 0 Å². The highest BCUT2D eigenvalue weighted by atomic mass is 16.5. The summed E-state index contributed by atoms with van der Waals surface area (Å²) >= 11 is 0. The van der Waals surface area contributed by atoms with Gasteiger partial charge in [-0.3, -0.25) is 4.79 Å². The highest BCUT2D eigenvalue weighted by molar-refractivity contribution is 5.88. The zero-order valence-electron chi connectivity index (χ0n) is 7.54. The number of hydrogen-bond donors (Lipinski definition) is 1. The summed E-state index contributed by atoms with van der Waals surface area (Å²) in [6, 6.07) is 2.19. The second-order valence-electron chi connectivity index (χ2n) is 3.83. The van der Waals surface area contributed by atoms with Gasteiger partial charge in [-0.1, -0.05) is 6.92 Å². The van der Waals surface area contributed by atoms with Crippen LogP contribution in [0.2, 0.25) is 0 Å². The van der Waals surface area contributed by atoms with Crippen molar-refractivity contribution in [1.29, 1.82) is 5.26 Å². The average Bonchev–Trinajstić information content (AvgIpc) is 2.30. The van der Waals surface area contributed by atoms with Crippen molar-refractivity contribution in [2.45, 2.75) is 6.92 Å². The van der Waals surface area contributed by atoms with Gasteiger partial charge in [0.05, 0.1) is 19.3 Å². The molecular weight excluding hydrogens is 168 g/mol. The Balaban J connectivity index is 2.32. The number of nitrogens with one attached hydrogen (secondary N) is 1. The first-order chi connectivity index (χ1) is 6.21. The molecular formula is C9H12N2O2. The fourth-order valence-corrected chi connectivity index (χ4v) is 2.12. The Morgan fingerprint density at radius 2 is 2.38 bits per heavy atom. The van der Waals surface area contributed by atoms with E-state index in [0.29, 0.717) is 19.8 Å². The van der Waals surface area contributed by atoms with E-state index >= 15 is 0 Å². The molecule has 2 aliphatic heterocycles.